The normalized spacial score (nSPS) is 20.7. The predicted molar refractivity (Wildman–Crippen MR) is 85.0 cm³/mol. The lowest BCUT2D eigenvalue weighted by Gasteiger charge is -2.28. The number of carbonyl (C=O) groups excluding carboxylic acids is 1. The van der Waals surface area contributed by atoms with Gasteiger partial charge in [0.25, 0.3) is 5.91 Å². The molecule has 0 saturated carbocycles. The minimum absolute atomic E-state index is 0.0509. The topological polar surface area (TPSA) is 76.1 Å². The fraction of sp³-hybridized carbons (Fsp3) is 0.529. The number of amides is 1. The summed E-state index contributed by atoms with van der Waals surface area (Å²) in [5.74, 6) is -0.279. The molecule has 1 saturated heterocycles. The van der Waals surface area contributed by atoms with Gasteiger partial charge in [0.15, 0.2) is 11.5 Å². The van der Waals surface area contributed by atoms with Crippen molar-refractivity contribution < 1.29 is 24.2 Å². The predicted octanol–water partition coefficient (Wildman–Crippen LogP) is 2.28. The average molecular weight is 321 g/mol. The standard InChI is InChI=1S/C17H23NO5/c1-11(2)17(16(20)21)8-9-18(10-17)15(19)12-6-5-7-13(22-3)14(12)23-4/h5-7,11H,8-10H2,1-4H3,(H,20,21). The van der Waals surface area contributed by atoms with Gasteiger partial charge in [0.2, 0.25) is 0 Å². The van der Waals surface area contributed by atoms with E-state index in [1.165, 1.54) is 14.2 Å². The van der Waals surface area contributed by atoms with Crippen LogP contribution >= 0.6 is 0 Å². The molecule has 1 aromatic rings. The van der Waals surface area contributed by atoms with Crippen molar-refractivity contribution in [1.82, 2.24) is 4.90 Å². The molecule has 1 atom stereocenters. The van der Waals surface area contributed by atoms with Crippen molar-refractivity contribution in [2.45, 2.75) is 20.3 Å². The monoisotopic (exact) mass is 321 g/mol. The highest BCUT2D eigenvalue weighted by Crippen LogP contribution is 2.40. The molecular weight excluding hydrogens is 298 g/mol. The van der Waals surface area contributed by atoms with Gasteiger partial charge < -0.3 is 19.5 Å². The Hall–Kier alpha value is -2.24. The number of methoxy groups -OCH3 is 2. The molecule has 126 valence electrons. The van der Waals surface area contributed by atoms with Crippen molar-refractivity contribution in [1.29, 1.82) is 0 Å². The van der Waals surface area contributed by atoms with E-state index >= 15 is 0 Å². The molecule has 1 fully saturated rings. The van der Waals surface area contributed by atoms with E-state index in [2.05, 4.69) is 0 Å². The second-order valence-corrected chi connectivity index (χ2v) is 6.13. The summed E-state index contributed by atoms with van der Waals surface area (Å²) >= 11 is 0. The first kappa shape index (κ1) is 17.1. The Morgan fingerprint density at radius 1 is 1.26 bits per heavy atom. The Bertz CT molecular complexity index is 613. The molecule has 0 aromatic heterocycles. The zero-order chi connectivity index (χ0) is 17.2. The van der Waals surface area contributed by atoms with Gasteiger partial charge in [0.05, 0.1) is 25.2 Å². The molecule has 0 bridgehead atoms. The molecular formula is C17H23NO5. The van der Waals surface area contributed by atoms with E-state index in [0.29, 0.717) is 30.0 Å². The van der Waals surface area contributed by atoms with E-state index < -0.39 is 11.4 Å². The maximum absolute atomic E-state index is 12.8. The number of rotatable bonds is 5. The summed E-state index contributed by atoms with van der Waals surface area (Å²) in [5.41, 5.74) is -0.501. The lowest BCUT2D eigenvalue weighted by Crippen LogP contribution is -2.40. The van der Waals surface area contributed by atoms with Gasteiger partial charge in [-0.15, -0.1) is 0 Å². The van der Waals surface area contributed by atoms with Crippen LogP contribution in [0.3, 0.4) is 0 Å². The van der Waals surface area contributed by atoms with Crippen molar-refractivity contribution in [3.63, 3.8) is 0 Å². The highest BCUT2D eigenvalue weighted by atomic mass is 16.5. The Labute approximate surface area is 136 Å². The molecule has 1 unspecified atom stereocenters. The van der Waals surface area contributed by atoms with Gasteiger partial charge in [0.1, 0.15) is 0 Å². The quantitative estimate of drug-likeness (QED) is 0.900. The number of ether oxygens (including phenoxy) is 2. The SMILES string of the molecule is COc1cccc(C(=O)N2CCC(C(=O)O)(C(C)C)C2)c1OC. The highest BCUT2D eigenvalue weighted by Gasteiger charge is 2.48. The Morgan fingerprint density at radius 2 is 1.96 bits per heavy atom. The number of para-hydroxylation sites is 1. The molecule has 0 radical (unpaired) electrons. The lowest BCUT2D eigenvalue weighted by atomic mass is 9.76. The minimum atomic E-state index is -0.887. The van der Waals surface area contributed by atoms with Crippen LogP contribution in [0.5, 0.6) is 11.5 Å². The number of hydrogen-bond acceptors (Lipinski definition) is 4. The van der Waals surface area contributed by atoms with E-state index in [4.69, 9.17) is 9.47 Å². The third-order valence-electron chi connectivity index (χ3n) is 4.75. The number of carbonyl (C=O) groups is 2. The average Bonchev–Trinajstić information content (AvgIpc) is 3.00. The summed E-state index contributed by atoms with van der Waals surface area (Å²) in [5, 5.41) is 9.60. The van der Waals surface area contributed by atoms with Gasteiger partial charge in [-0.2, -0.15) is 0 Å². The molecule has 1 amide bonds. The molecule has 1 heterocycles. The summed E-state index contributed by atoms with van der Waals surface area (Å²) < 4.78 is 10.5. The summed E-state index contributed by atoms with van der Waals surface area (Å²) in [6.07, 6.45) is 0.456. The number of carboxylic acid groups (broad SMARTS) is 1. The van der Waals surface area contributed by atoms with Crippen LogP contribution in [-0.4, -0.2) is 49.2 Å². The van der Waals surface area contributed by atoms with Crippen LogP contribution in [0.2, 0.25) is 0 Å². The molecule has 6 nitrogen and oxygen atoms in total. The first-order valence-electron chi connectivity index (χ1n) is 7.61. The second kappa shape index (κ2) is 6.48. The van der Waals surface area contributed by atoms with Crippen molar-refractivity contribution in [3.8, 4) is 11.5 Å². The summed E-state index contributed by atoms with van der Waals surface area (Å²) in [4.78, 5) is 26.1. The molecule has 1 aromatic carbocycles. The van der Waals surface area contributed by atoms with Crippen LogP contribution < -0.4 is 9.47 Å². The van der Waals surface area contributed by atoms with E-state index in [1.807, 2.05) is 13.8 Å². The number of carboxylic acids is 1. The molecule has 23 heavy (non-hydrogen) atoms. The Kier molecular flexibility index (Phi) is 4.82. The van der Waals surface area contributed by atoms with Crippen molar-refractivity contribution in [3.05, 3.63) is 23.8 Å². The smallest absolute Gasteiger partial charge is 0.311 e. The summed E-state index contributed by atoms with van der Waals surface area (Å²) in [7, 11) is 2.99. The molecule has 6 heteroatoms. The van der Waals surface area contributed by atoms with Crippen LogP contribution in [-0.2, 0) is 4.79 Å². The number of benzene rings is 1. The lowest BCUT2D eigenvalue weighted by molar-refractivity contribution is -0.150. The Balaban J connectivity index is 2.31. The van der Waals surface area contributed by atoms with E-state index in [-0.39, 0.29) is 18.4 Å². The van der Waals surface area contributed by atoms with Gasteiger partial charge in [0, 0.05) is 13.1 Å². The van der Waals surface area contributed by atoms with Gasteiger partial charge in [-0.3, -0.25) is 9.59 Å². The highest BCUT2D eigenvalue weighted by molar-refractivity contribution is 5.98. The van der Waals surface area contributed by atoms with Crippen LogP contribution in [0.25, 0.3) is 0 Å². The second-order valence-electron chi connectivity index (χ2n) is 6.13. The van der Waals surface area contributed by atoms with E-state index in [0.717, 1.165) is 0 Å². The van der Waals surface area contributed by atoms with Crippen LogP contribution in [0.15, 0.2) is 18.2 Å². The summed E-state index contributed by atoms with van der Waals surface area (Å²) in [6, 6.07) is 5.10. The summed E-state index contributed by atoms with van der Waals surface area (Å²) in [6.45, 7) is 4.39. The van der Waals surface area contributed by atoms with Gasteiger partial charge in [-0.25, -0.2) is 0 Å². The van der Waals surface area contributed by atoms with Crippen molar-refractivity contribution in [2.75, 3.05) is 27.3 Å². The molecule has 1 N–H and O–H groups in total. The zero-order valence-corrected chi connectivity index (χ0v) is 14.0. The molecule has 0 aliphatic carbocycles. The third-order valence-corrected chi connectivity index (χ3v) is 4.75. The van der Waals surface area contributed by atoms with Crippen molar-refractivity contribution >= 4 is 11.9 Å². The van der Waals surface area contributed by atoms with Gasteiger partial charge in [-0.1, -0.05) is 19.9 Å². The maximum Gasteiger partial charge on any atom is 0.311 e. The largest absolute Gasteiger partial charge is 0.493 e. The number of aliphatic carboxylic acids is 1. The van der Waals surface area contributed by atoms with Crippen LogP contribution in [0.1, 0.15) is 30.6 Å². The maximum atomic E-state index is 12.8. The fourth-order valence-corrected chi connectivity index (χ4v) is 3.13. The number of likely N-dealkylation sites (tertiary alicyclic amines) is 1. The van der Waals surface area contributed by atoms with E-state index in [9.17, 15) is 14.7 Å². The Morgan fingerprint density at radius 3 is 2.43 bits per heavy atom. The van der Waals surface area contributed by atoms with Gasteiger partial charge in [-0.05, 0) is 24.5 Å². The van der Waals surface area contributed by atoms with Crippen molar-refractivity contribution in [2.24, 2.45) is 11.3 Å². The van der Waals surface area contributed by atoms with Crippen LogP contribution in [0, 0.1) is 11.3 Å². The number of hydrogen-bond donors (Lipinski definition) is 1. The molecule has 1 aliphatic rings. The first-order valence-corrected chi connectivity index (χ1v) is 7.61. The molecule has 0 spiro atoms. The third kappa shape index (κ3) is 2.85. The first-order chi connectivity index (χ1) is 10.9. The zero-order valence-electron chi connectivity index (χ0n) is 14.0. The molecule has 2 rings (SSSR count). The molecule has 1 aliphatic heterocycles. The minimum Gasteiger partial charge on any atom is -0.493 e. The fourth-order valence-electron chi connectivity index (χ4n) is 3.13. The van der Waals surface area contributed by atoms with Gasteiger partial charge >= 0.3 is 5.97 Å². The van der Waals surface area contributed by atoms with E-state index in [1.54, 1.807) is 23.1 Å². The van der Waals surface area contributed by atoms with Crippen LogP contribution in [0.4, 0.5) is 0 Å². The number of nitrogens with zero attached hydrogens (tertiary/aromatic N) is 1.